The van der Waals surface area contributed by atoms with Crippen molar-refractivity contribution in [3.63, 3.8) is 0 Å². The van der Waals surface area contributed by atoms with Crippen LogP contribution in [0.5, 0.6) is 0 Å². The second-order valence-electron chi connectivity index (χ2n) is 4.85. The molecule has 0 radical (unpaired) electrons. The lowest BCUT2D eigenvalue weighted by molar-refractivity contribution is -0.126. The monoisotopic (exact) mass is 224 g/mol. The van der Waals surface area contributed by atoms with Crippen LogP contribution in [-0.2, 0) is 9.59 Å². The van der Waals surface area contributed by atoms with Gasteiger partial charge in [-0.1, -0.05) is 6.92 Å². The van der Waals surface area contributed by atoms with Crippen LogP contribution in [0.25, 0.3) is 0 Å². The standard InChI is InChI=1S/C12H20N2O2/c1-2-14-6-3-4-9(5-7-14)10-8-11(15)13-12(10)16/h9-10H,2-8H2,1H3,(H,13,15,16). The van der Waals surface area contributed by atoms with Crippen LogP contribution in [0.3, 0.4) is 0 Å². The molecule has 0 aromatic heterocycles. The summed E-state index contributed by atoms with van der Waals surface area (Å²) in [6.07, 6.45) is 3.70. The summed E-state index contributed by atoms with van der Waals surface area (Å²) >= 11 is 0. The van der Waals surface area contributed by atoms with Crippen molar-refractivity contribution in [2.24, 2.45) is 11.8 Å². The topological polar surface area (TPSA) is 49.4 Å². The van der Waals surface area contributed by atoms with Crippen LogP contribution in [0.2, 0.25) is 0 Å². The van der Waals surface area contributed by atoms with Gasteiger partial charge < -0.3 is 4.90 Å². The smallest absolute Gasteiger partial charge is 0.230 e. The molecule has 0 spiro atoms. The molecular weight excluding hydrogens is 204 g/mol. The van der Waals surface area contributed by atoms with Crippen LogP contribution in [-0.4, -0.2) is 36.3 Å². The number of nitrogens with zero attached hydrogens (tertiary/aromatic N) is 1. The van der Waals surface area contributed by atoms with E-state index in [1.807, 2.05) is 0 Å². The van der Waals surface area contributed by atoms with Gasteiger partial charge in [0, 0.05) is 12.3 Å². The van der Waals surface area contributed by atoms with Gasteiger partial charge >= 0.3 is 0 Å². The van der Waals surface area contributed by atoms with E-state index in [1.54, 1.807) is 0 Å². The van der Waals surface area contributed by atoms with Gasteiger partial charge in [0.25, 0.3) is 0 Å². The fourth-order valence-corrected chi connectivity index (χ4v) is 2.85. The predicted molar refractivity (Wildman–Crippen MR) is 60.7 cm³/mol. The molecule has 2 atom stereocenters. The first-order valence-corrected chi connectivity index (χ1v) is 6.26. The van der Waals surface area contributed by atoms with E-state index in [2.05, 4.69) is 17.1 Å². The number of hydrogen-bond acceptors (Lipinski definition) is 3. The van der Waals surface area contributed by atoms with Gasteiger partial charge in [0.05, 0.1) is 0 Å². The second-order valence-corrected chi connectivity index (χ2v) is 4.85. The molecule has 2 saturated heterocycles. The van der Waals surface area contributed by atoms with Crippen LogP contribution in [0.4, 0.5) is 0 Å². The predicted octanol–water partition coefficient (Wildman–Crippen LogP) is 0.771. The molecule has 0 aliphatic carbocycles. The zero-order valence-corrected chi connectivity index (χ0v) is 9.87. The lowest BCUT2D eigenvalue weighted by Gasteiger charge is -2.19. The van der Waals surface area contributed by atoms with E-state index in [1.165, 1.54) is 0 Å². The van der Waals surface area contributed by atoms with Crippen LogP contribution >= 0.6 is 0 Å². The molecule has 4 nitrogen and oxygen atoms in total. The maximum Gasteiger partial charge on any atom is 0.230 e. The Labute approximate surface area is 96.4 Å². The van der Waals surface area contributed by atoms with Crippen LogP contribution in [0.15, 0.2) is 0 Å². The van der Waals surface area contributed by atoms with Crippen molar-refractivity contribution in [3.05, 3.63) is 0 Å². The van der Waals surface area contributed by atoms with E-state index < -0.39 is 0 Å². The van der Waals surface area contributed by atoms with Gasteiger partial charge in [0.15, 0.2) is 0 Å². The van der Waals surface area contributed by atoms with E-state index in [-0.39, 0.29) is 17.7 Å². The summed E-state index contributed by atoms with van der Waals surface area (Å²) in [6.45, 7) is 5.46. The van der Waals surface area contributed by atoms with E-state index >= 15 is 0 Å². The molecule has 0 bridgehead atoms. The molecule has 2 rings (SSSR count). The van der Waals surface area contributed by atoms with E-state index in [9.17, 15) is 9.59 Å². The first-order chi connectivity index (χ1) is 7.70. The highest BCUT2D eigenvalue weighted by Crippen LogP contribution is 2.29. The molecule has 2 heterocycles. The maximum absolute atomic E-state index is 11.6. The largest absolute Gasteiger partial charge is 0.304 e. The summed E-state index contributed by atoms with van der Waals surface area (Å²) in [4.78, 5) is 25.2. The van der Waals surface area contributed by atoms with Crippen molar-refractivity contribution >= 4 is 11.8 Å². The van der Waals surface area contributed by atoms with Crippen molar-refractivity contribution in [3.8, 4) is 0 Å². The number of imide groups is 1. The fraction of sp³-hybridized carbons (Fsp3) is 0.833. The van der Waals surface area contributed by atoms with Gasteiger partial charge in [0.1, 0.15) is 0 Å². The Morgan fingerprint density at radius 3 is 2.75 bits per heavy atom. The molecule has 1 N–H and O–H groups in total. The Balaban J connectivity index is 1.94. The van der Waals surface area contributed by atoms with Crippen molar-refractivity contribution in [1.82, 2.24) is 10.2 Å². The summed E-state index contributed by atoms with van der Waals surface area (Å²) in [7, 11) is 0. The van der Waals surface area contributed by atoms with Crippen molar-refractivity contribution in [1.29, 1.82) is 0 Å². The molecule has 2 fully saturated rings. The average molecular weight is 224 g/mol. The number of carbonyl (C=O) groups excluding carboxylic acids is 2. The number of amides is 2. The third-order valence-electron chi connectivity index (χ3n) is 3.89. The molecule has 0 aromatic rings. The number of nitrogens with one attached hydrogen (secondary N) is 1. The van der Waals surface area contributed by atoms with Gasteiger partial charge in [-0.3, -0.25) is 14.9 Å². The zero-order valence-electron chi connectivity index (χ0n) is 9.87. The SMILES string of the molecule is CCN1CCCC(C2CC(=O)NC2=O)CC1. The summed E-state index contributed by atoms with van der Waals surface area (Å²) < 4.78 is 0. The Morgan fingerprint density at radius 2 is 2.12 bits per heavy atom. The van der Waals surface area contributed by atoms with Crippen molar-refractivity contribution in [2.45, 2.75) is 32.6 Å². The molecule has 90 valence electrons. The van der Waals surface area contributed by atoms with Gasteiger partial charge in [-0.2, -0.15) is 0 Å². The van der Waals surface area contributed by atoms with E-state index in [0.717, 1.165) is 38.9 Å². The Morgan fingerprint density at radius 1 is 1.31 bits per heavy atom. The summed E-state index contributed by atoms with van der Waals surface area (Å²) in [6, 6.07) is 0. The molecule has 2 aliphatic heterocycles. The van der Waals surface area contributed by atoms with Gasteiger partial charge in [-0.05, 0) is 44.8 Å². The number of likely N-dealkylation sites (tertiary alicyclic amines) is 1. The minimum absolute atomic E-state index is 0.0417. The Bertz CT molecular complexity index is 291. The normalized spacial score (nSPS) is 32.6. The molecule has 16 heavy (non-hydrogen) atoms. The molecule has 2 amide bonds. The quantitative estimate of drug-likeness (QED) is 0.705. The molecule has 2 aliphatic rings. The Kier molecular flexibility index (Phi) is 3.59. The lowest BCUT2D eigenvalue weighted by atomic mass is 9.85. The molecule has 0 saturated carbocycles. The van der Waals surface area contributed by atoms with Crippen molar-refractivity contribution < 1.29 is 9.59 Å². The summed E-state index contributed by atoms with van der Waals surface area (Å²) in [5.41, 5.74) is 0. The average Bonchev–Trinajstić information content (AvgIpc) is 2.51. The number of carbonyl (C=O) groups is 2. The maximum atomic E-state index is 11.6. The Hall–Kier alpha value is -0.900. The lowest BCUT2D eigenvalue weighted by Crippen LogP contribution is -2.27. The van der Waals surface area contributed by atoms with Crippen molar-refractivity contribution in [2.75, 3.05) is 19.6 Å². The highest BCUT2D eigenvalue weighted by atomic mass is 16.2. The van der Waals surface area contributed by atoms with Crippen LogP contribution in [0, 0.1) is 11.8 Å². The first-order valence-electron chi connectivity index (χ1n) is 6.26. The van der Waals surface area contributed by atoms with Crippen LogP contribution in [0.1, 0.15) is 32.6 Å². The summed E-state index contributed by atoms with van der Waals surface area (Å²) in [5.74, 6) is 0.221. The van der Waals surface area contributed by atoms with Gasteiger partial charge in [-0.25, -0.2) is 0 Å². The van der Waals surface area contributed by atoms with E-state index in [4.69, 9.17) is 0 Å². The minimum atomic E-state index is -0.0911. The van der Waals surface area contributed by atoms with Crippen LogP contribution < -0.4 is 5.32 Å². The molecule has 2 unspecified atom stereocenters. The zero-order chi connectivity index (χ0) is 11.5. The first kappa shape index (κ1) is 11.6. The molecule has 4 heteroatoms. The van der Waals surface area contributed by atoms with Gasteiger partial charge in [0.2, 0.25) is 11.8 Å². The molecule has 0 aromatic carbocycles. The number of hydrogen-bond donors (Lipinski definition) is 1. The highest BCUT2D eigenvalue weighted by molar-refractivity contribution is 6.03. The minimum Gasteiger partial charge on any atom is -0.304 e. The van der Waals surface area contributed by atoms with E-state index in [0.29, 0.717) is 12.3 Å². The fourth-order valence-electron chi connectivity index (χ4n) is 2.85. The third-order valence-corrected chi connectivity index (χ3v) is 3.89. The summed E-state index contributed by atoms with van der Waals surface area (Å²) in [5, 5.41) is 2.42. The number of rotatable bonds is 2. The highest BCUT2D eigenvalue weighted by Gasteiger charge is 2.37. The molecular formula is C12H20N2O2. The second kappa shape index (κ2) is 4.95. The van der Waals surface area contributed by atoms with Gasteiger partial charge in [-0.15, -0.1) is 0 Å². The third kappa shape index (κ3) is 2.43.